The lowest BCUT2D eigenvalue weighted by molar-refractivity contribution is 0.580. The van der Waals surface area contributed by atoms with Crippen LogP contribution >= 0.6 is 0 Å². The second kappa shape index (κ2) is 8.72. The van der Waals surface area contributed by atoms with Crippen LogP contribution in [0.3, 0.4) is 0 Å². The number of hydrogen-bond acceptors (Lipinski definition) is 2. The van der Waals surface area contributed by atoms with E-state index in [2.05, 4.69) is 119 Å². The Bertz CT molecular complexity index is 2080. The smallest absolute Gasteiger partial charge is 0.142 e. The standard InChI is InChI=1S/C39H32O2/c1-23-15-17-28-29-18-16-27(20-33(29)39(3,4)32(28)19-23)38-37(26-13-9-6-10-14-26)31-22-34-30(21-35(31)41-38)36(24(2)40-34)25-11-7-5-8-12-25/h5-9,11-13,15-22H,10,14H2,1-4H3. The minimum Gasteiger partial charge on any atom is -0.461 e. The Kier molecular flexibility index (Phi) is 5.16. The minimum absolute atomic E-state index is 0.0758. The Morgan fingerprint density at radius 3 is 2.15 bits per heavy atom. The van der Waals surface area contributed by atoms with Crippen LogP contribution in [0.25, 0.3) is 61.1 Å². The summed E-state index contributed by atoms with van der Waals surface area (Å²) in [6.45, 7) is 8.92. The zero-order chi connectivity index (χ0) is 27.9. The van der Waals surface area contributed by atoms with Gasteiger partial charge in [0.1, 0.15) is 22.7 Å². The summed E-state index contributed by atoms with van der Waals surface area (Å²) in [5.41, 5.74) is 14.4. The first-order valence-electron chi connectivity index (χ1n) is 14.6. The van der Waals surface area contributed by atoms with Gasteiger partial charge in [0, 0.05) is 32.9 Å². The van der Waals surface area contributed by atoms with Gasteiger partial charge in [0.2, 0.25) is 0 Å². The molecule has 0 N–H and O–H groups in total. The Morgan fingerprint density at radius 2 is 1.39 bits per heavy atom. The Hall–Kier alpha value is -4.56. The number of furan rings is 2. The molecule has 8 rings (SSSR count). The first-order chi connectivity index (χ1) is 19.9. The van der Waals surface area contributed by atoms with Gasteiger partial charge in [-0.2, -0.15) is 0 Å². The second-order valence-electron chi connectivity index (χ2n) is 12.1. The largest absolute Gasteiger partial charge is 0.461 e. The molecule has 4 aromatic carbocycles. The predicted octanol–water partition coefficient (Wildman–Crippen LogP) is 11.2. The molecule has 2 nitrogen and oxygen atoms in total. The van der Waals surface area contributed by atoms with Crippen molar-refractivity contribution < 1.29 is 8.83 Å². The fourth-order valence-electron chi connectivity index (χ4n) is 7.10. The highest BCUT2D eigenvalue weighted by molar-refractivity contribution is 6.08. The zero-order valence-corrected chi connectivity index (χ0v) is 24.0. The van der Waals surface area contributed by atoms with E-state index in [9.17, 15) is 0 Å². The third-order valence-corrected chi connectivity index (χ3v) is 9.17. The van der Waals surface area contributed by atoms with Crippen molar-refractivity contribution in [3.63, 3.8) is 0 Å². The topological polar surface area (TPSA) is 26.3 Å². The van der Waals surface area contributed by atoms with Crippen molar-refractivity contribution in [3.8, 4) is 33.6 Å². The summed E-state index contributed by atoms with van der Waals surface area (Å²) in [5.74, 6) is 1.87. The van der Waals surface area contributed by atoms with Crippen molar-refractivity contribution in [2.75, 3.05) is 0 Å². The summed E-state index contributed by atoms with van der Waals surface area (Å²) >= 11 is 0. The molecule has 0 saturated heterocycles. The summed E-state index contributed by atoms with van der Waals surface area (Å²) < 4.78 is 13.2. The Morgan fingerprint density at radius 1 is 0.683 bits per heavy atom. The third-order valence-electron chi connectivity index (χ3n) is 9.17. The van der Waals surface area contributed by atoms with E-state index in [-0.39, 0.29) is 5.41 Å². The van der Waals surface area contributed by atoms with Gasteiger partial charge < -0.3 is 8.83 Å². The highest BCUT2D eigenvalue weighted by atomic mass is 16.3. The molecule has 200 valence electrons. The van der Waals surface area contributed by atoms with Crippen molar-refractivity contribution in [2.24, 2.45) is 0 Å². The molecule has 0 bridgehead atoms. The molecule has 0 spiro atoms. The average Bonchev–Trinajstić information content (AvgIpc) is 3.59. The van der Waals surface area contributed by atoms with E-state index in [1.165, 1.54) is 39.0 Å². The second-order valence-corrected chi connectivity index (χ2v) is 12.1. The van der Waals surface area contributed by atoms with E-state index in [4.69, 9.17) is 8.83 Å². The van der Waals surface area contributed by atoms with Gasteiger partial charge in [-0.3, -0.25) is 0 Å². The molecule has 0 radical (unpaired) electrons. The van der Waals surface area contributed by atoms with Crippen molar-refractivity contribution in [2.45, 2.75) is 46.0 Å². The van der Waals surface area contributed by atoms with Crippen LogP contribution in [0.2, 0.25) is 0 Å². The maximum Gasteiger partial charge on any atom is 0.142 e. The quantitative estimate of drug-likeness (QED) is 0.227. The molecule has 2 aromatic heterocycles. The zero-order valence-electron chi connectivity index (χ0n) is 24.0. The minimum atomic E-state index is -0.0758. The molecule has 0 aliphatic heterocycles. The van der Waals surface area contributed by atoms with Gasteiger partial charge in [0.15, 0.2) is 0 Å². The van der Waals surface area contributed by atoms with E-state index >= 15 is 0 Å². The average molecular weight is 533 g/mol. The van der Waals surface area contributed by atoms with E-state index in [1.54, 1.807) is 0 Å². The number of aryl methyl sites for hydroxylation is 2. The highest BCUT2D eigenvalue weighted by Crippen LogP contribution is 2.51. The molecule has 41 heavy (non-hydrogen) atoms. The van der Waals surface area contributed by atoms with E-state index in [1.807, 2.05) is 6.07 Å². The summed E-state index contributed by atoms with van der Waals surface area (Å²) in [6.07, 6.45) is 8.69. The van der Waals surface area contributed by atoms with Crippen LogP contribution in [-0.4, -0.2) is 0 Å². The van der Waals surface area contributed by atoms with Crippen molar-refractivity contribution in [3.05, 3.63) is 125 Å². The summed E-state index contributed by atoms with van der Waals surface area (Å²) in [4.78, 5) is 0. The van der Waals surface area contributed by atoms with Gasteiger partial charge in [-0.25, -0.2) is 0 Å². The molecule has 0 atom stereocenters. The molecular weight excluding hydrogens is 500 g/mol. The molecule has 6 aromatic rings. The van der Waals surface area contributed by atoms with Gasteiger partial charge in [-0.1, -0.05) is 98.3 Å². The molecule has 2 aliphatic rings. The fraction of sp³-hybridized carbons (Fsp3) is 0.179. The molecular formula is C39H32O2. The molecule has 0 saturated carbocycles. The summed E-state index contributed by atoms with van der Waals surface area (Å²) in [7, 11) is 0. The third kappa shape index (κ3) is 3.56. The van der Waals surface area contributed by atoms with Crippen LogP contribution in [0.1, 0.15) is 54.7 Å². The number of fused-ring (bicyclic) bond motifs is 5. The summed E-state index contributed by atoms with van der Waals surface area (Å²) in [6, 6.07) is 28.6. The van der Waals surface area contributed by atoms with Crippen LogP contribution in [0.5, 0.6) is 0 Å². The SMILES string of the molecule is Cc1ccc2c(c1)C(C)(C)c1cc(-c3oc4cc5c(-c6ccccc6)c(C)oc5cc4c3C3=CC=CCC3)ccc1-2. The first kappa shape index (κ1) is 24.3. The predicted molar refractivity (Wildman–Crippen MR) is 170 cm³/mol. The van der Waals surface area contributed by atoms with Crippen LogP contribution in [0.4, 0.5) is 0 Å². The molecule has 2 aliphatic carbocycles. The maximum atomic E-state index is 6.86. The molecule has 0 amide bonds. The normalized spacial score (nSPS) is 15.4. The lowest BCUT2D eigenvalue weighted by Gasteiger charge is -2.22. The first-order valence-corrected chi connectivity index (χ1v) is 14.6. The molecule has 2 heterocycles. The van der Waals surface area contributed by atoms with Gasteiger partial charge >= 0.3 is 0 Å². The lowest BCUT2D eigenvalue weighted by atomic mass is 9.81. The van der Waals surface area contributed by atoms with E-state index in [0.29, 0.717) is 0 Å². The van der Waals surface area contributed by atoms with E-state index in [0.717, 1.165) is 63.0 Å². The van der Waals surface area contributed by atoms with Crippen LogP contribution in [-0.2, 0) is 5.41 Å². The van der Waals surface area contributed by atoms with Crippen molar-refractivity contribution >= 4 is 27.5 Å². The van der Waals surface area contributed by atoms with Gasteiger partial charge in [-0.05, 0) is 78.3 Å². The van der Waals surface area contributed by atoms with Crippen LogP contribution < -0.4 is 0 Å². The Labute approximate surface area is 240 Å². The highest BCUT2D eigenvalue weighted by Gasteiger charge is 2.36. The Balaban J connectivity index is 1.37. The molecule has 0 unspecified atom stereocenters. The van der Waals surface area contributed by atoms with Gasteiger partial charge in [0.25, 0.3) is 0 Å². The van der Waals surface area contributed by atoms with Crippen molar-refractivity contribution in [1.29, 1.82) is 0 Å². The van der Waals surface area contributed by atoms with Crippen LogP contribution in [0, 0.1) is 13.8 Å². The van der Waals surface area contributed by atoms with Gasteiger partial charge in [-0.15, -0.1) is 0 Å². The molecule has 2 heteroatoms. The molecule has 0 fully saturated rings. The number of hydrogen-bond donors (Lipinski definition) is 0. The van der Waals surface area contributed by atoms with Gasteiger partial charge in [0.05, 0.1) is 0 Å². The number of benzene rings is 4. The van der Waals surface area contributed by atoms with Crippen molar-refractivity contribution in [1.82, 2.24) is 0 Å². The maximum absolute atomic E-state index is 6.86. The van der Waals surface area contributed by atoms with Crippen LogP contribution in [0.15, 0.2) is 106 Å². The summed E-state index contributed by atoms with van der Waals surface area (Å²) in [5, 5.41) is 2.20. The van der Waals surface area contributed by atoms with E-state index < -0.39 is 0 Å². The monoisotopic (exact) mass is 532 g/mol. The fourth-order valence-corrected chi connectivity index (χ4v) is 7.10. The lowest BCUT2D eigenvalue weighted by Crippen LogP contribution is -2.15. The number of rotatable bonds is 3. The number of allylic oxidation sites excluding steroid dienone is 4.